The van der Waals surface area contributed by atoms with Gasteiger partial charge in [-0.1, -0.05) is 38.1 Å². The average molecular weight is 272 g/mol. The van der Waals surface area contributed by atoms with Gasteiger partial charge in [-0.3, -0.25) is 0 Å². The van der Waals surface area contributed by atoms with Gasteiger partial charge < -0.3 is 16.0 Å². The number of nitrogens with zero attached hydrogens (tertiary/aromatic N) is 2. The van der Waals surface area contributed by atoms with Gasteiger partial charge in [0.15, 0.2) is 5.96 Å². The van der Waals surface area contributed by atoms with E-state index in [2.05, 4.69) is 65.5 Å². The average Bonchev–Trinajstić information content (AvgIpc) is 2.97. The molecule has 0 unspecified atom stereocenters. The van der Waals surface area contributed by atoms with E-state index in [4.69, 9.17) is 5.73 Å². The summed E-state index contributed by atoms with van der Waals surface area (Å²) in [6, 6.07) is 8.53. The van der Waals surface area contributed by atoms with E-state index in [9.17, 15) is 0 Å². The van der Waals surface area contributed by atoms with Crippen molar-refractivity contribution in [3.05, 3.63) is 42.0 Å². The Labute approximate surface area is 121 Å². The van der Waals surface area contributed by atoms with Crippen LogP contribution in [0.3, 0.4) is 0 Å². The molecule has 0 aliphatic carbocycles. The highest BCUT2D eigenvalue weighted by atomic mass is 15.1. The molecule has 0 saturated heterocycles. The third kappa shape index (κ3) is 4.30. The van der Waals surface area contributed by atoms with E-state index < -0.39 is 0 Å². The van der Waals surface area contributed by atoms with Crippen LogP contribution in [0.5, 0.6) is 0 Å². The zero-order valence-electron chi connectivity index (χ0n) is 12.3. The van der Waals surface area contributed by atoms with Gasteiger partial charge >= 0.3 is 0 Å². The lowest BCUT2D eigenvalue weighted by molar-refractivity contribution is 0.622. The van der Waals surface area contributed by atoms with Crippen LogP contribution in [0.25, 0.3) is 0 Å². The molecule has 0 spiro atoms. The molecule has 0 saturated carbocycles. The maximum atomic E-state index is 5.82. The van der Waals surface area contributed by atoms with Gasteiger partial charge in [0, 0.05) is 25.3 Å². The van der Waals surface area contributed by atoms with E-state index >= 15 is 0 Å². The molecular weight excluding hydrogens is 248 g/mol. The summed E-state index contributed by atoms with van der Waals surface area (Å²) in [5.41, 5.74) is 8.26. The number of anilines is 1. The van der Waals surface area contributed by atoms with Crippen LogP contribution in [0.15, 0.2) is 41.4 Å². The summed E-state index contributed by atoms with van der Waals surface area (Å²) in [6.45, 7) is 7.78. The quantitative estimate of drug-likeness (QED) is 0.490. The molecule has 20 heavy (non-hydrogen) atoms. The number of nitrogens with two attached hydrogens (primary N) is 1. The smallest absolute Gasteiger partial charge is 0.188 e. The zero-order chi connectivity index (χ0) is 14.4. The van der Waals surface area contributed by atoms with Crippen LogP contribution >= 0.6 is 0 Å². The third-order valence-electron chi connectivity index (χ3n) is 3.24. The molecule has 1 aliphatic heterocycles. The minimum atomic E-state index is 0.520. The fourth-order valence-electron chi connectivity index (χ4n) is 2.04. The van der Waals surface area contributed by atoms with Gasteiger partial charge in [0.2, 0.25) is 0 Å². The zero-order valence-corrected chi connectivity index (χ0v) is 12.3. The summed E-state index contributed by atoms with van der Waals surface area (Å²) in [5, 5.41) is 3.12. The molecule has 0 fully saturated rings. The number of rotatable bonds is 5. The molecule has 4 nitrogen and oxygen atoms in total. The summed E-state index contributed by atoms with van der Waals surface area (Å²) in [6.07, 6.45) is 4.39. The van der Waals surface area contributed by atoms with E-state index in [1.54, 1.807) is 0 Å². The van der Waals surface area contributed by atoms with Crippen LogP contribution in [0, 0.1) is 5.92 Å². The summed E-state index contributed by atoms with van der Waals surface area (Å²) >= 11 is 0. The van der Waals surface area contributed by atoms with Crippen LogP contribution in [0.2, 0.25) is 0 Å². The lowest BCUT2D eigenvalue weighted by Gasteiger charge is -2.17. The number of nitrogens with one attached hydrogen (secondary N) is 1. The molecular formula is C16H24N4. The van der Waals surface area contributed by atoms with E-state index in [-0.39, 0.29) is 0 Å². The van der Waals surface area contributed by atoms with Crippen molar-refractivity contribution < 1.29 is 0 Å². The predicted molar refractivity (Wildman–Crippen MR) is 86.0 cm³/mol. The first-order valence-electron chi connectivity index (χ1n) is 7.18. The number of aliphatic imine (C=N–C) groups is 1. The van der Waals surface area contributed by atoms with Crippen molar-refractivity contribution in [2.24, 2.45) is 16.6 Å². The van der Waals surface area contributed by atoms with Crippen molar-refractivity contribution in [3.63, 3.8) is 0 Å². The van der Waals surface area contributed by atoms with Gasteiger partial charge in [0.1, 0.15) is 0 Å². The van der Waals surface area contributed by atoms with Crippen LogP contribution < -0.4 is 16.0 Å². The predicted octanol–water partition coefficient (Wildman–Crippen LogP) is 2.12. The molecule has 1 aromatic rings. The van der Waals surface area contributed by atoms with Gasteiger partial charge in [0.25, 0.3) is 0 Å². The summed E-state index contributed by atoms with van der Waals surface area (Å²) in [7, 11) is 0. The highest BCUT2D eigenvalue weighted by molar-refractivity contribution is 5.77. The molecule has 0 atom stereocenters. The first kappa shape index (κ1) is 14.4. The van der Waals surface area contributed by atoms with Crippen molar-refractivity contribution >= 4 is 11.6 Å². The molecule has 0 amide bonds. The Morgan fingerprint density at radius 1 is 1.25 bits per heavy atom. The van der Waals surface area contributed by atoms with Crippen molar-refractivity contribution in [3.8, 4) is 0 Å². The Bertz CT molecular complexity index is 466. The van der Waals surface area contributed by atoms with E-state index in [1.165, 1.54) is 11.3 Å². The van der Waals surface area contributed by atoms with Crippen molar-refractivity contribution in [2.75, 3.05) is 24.5 Å². The number of hydrogen-bond donors (Lipinski definition) is 2. The van der Waals surface area contributed by atoms with Gasteiger partial charge in [-0.05, 0) is 23.6 Å². The molecule has 108 valence electrons. The fraction of sp³-hybridized carbons (Fsp3) is 0.438. The first-order chi connectivity index (χ1) is 9.65. The first-order valence-corrected chi connectivity index (χ1v) is 7.18. The number of benzene rings is 1. The molecule has 1 aromatic carbocycles. The molecule has 1 aliphatic rings. The normalized spacial score (nSPS) is 15.2. The monoisotopic (exact) mass is 272 g/mol. The Morgan fingerprint density at radius 3 is 2.50 bits per heavy atom. The minimum Gasteiger partial charge on any atom is -0.370 e. The molecule has 2 rings (SSSR count). The van der Waals surface area contributed by atoms with Crippen molar-refractivity contribution in [1.82, 2.24) is 5.32 Å². The van der Waals surface area contributed by atoms with E-state index in [0.717, 1.165) is 19.6 Å². The Hall–Kier alpha value is -1.97. The summed E-state index contributed by atoms with van der Waals surface area (Å²) in [5.74, 6) is 1.09. The Morgan fingerprint density at radius 2 is 1.90 bits per heavy atom. The van der Waals surface area contributed by atoms with E-state index in [1.807, 2.05) is 0 Å². The third-order valence-corrected chi connectivity index (χ3v) is 3.24. The van der Waals surface area contributed by atoms with Gasteiger partial charge in [-0.25, -0.2) is 4.99 Å². The van der Waals surface area contributed by atoms with Crippen LogP contribution in [-0.4, -0.2) is 25.6 Å². The van der Waals surface area contributed by atoms with E-state index in [0.29, 0.717) is 18.4 Å². The Kier molecular flexibility index (Phi) is 5.04. The molecule has 3 N–H and O–H groups in total. The lowest BCUT2D eigenvalue weighted by atomic mass is 10.2. The highest BCUT2D eigenvalue weighted by Gasteiger charge is 2.06. The topological polar surface area (TPSA) is 53.6 Å². The summed E-state index contributed by atoms with van der Waals surface area (Å²) < 4.78 is 0. The van der Waals surface area contributed by atoms with Gasteiger partial charge in [-0.2, -0.15) is 0 Å². The fourth-order valence-corrected chi connectivity index (χ4v) is 2.04. The van der Waals surface area contributed by atoms with Crippen molar-refractivity contribution in [1.29, 1.82) is 0 Å². The van der Waals surface area contributed by atoms with Crippen LogP contribution in [-0.2, 0) is 6.54 Å². The Balaban J connectivity index is 1.85. The maximum Gasteiger partial charge on any atom is 0.188 e. The SMILES string of the molecule is CC(C)CNC(N)=NCc1ccc(N2CC=CC2)cc1. The highest BCUT2D eigenvalue weighted by Crippen LogP contribution is 2.17. The molecule has 0 bridgehead atoms. The van der Waals surface area contributed by atoms with Crippen LogP contribution in [0.4, 0.5) is 5.69 Å². The second kappa shape index (κ2) is 6.98. The standard InChI is InChI=1S/C16H24N4/c1-13(2)11-18-16(17)19-12-14-5-7-15(8-6-14)20-9-3-4-10-20/h3-8,13H,9-12H2,1-2H3,(H3,17,18,19). The molecule has 4 heteroatoms. The molecule has 0 radical (unpaired) electrons. The number of hydrogen-bond acceptors (Lipinski definition) is 2. The van der Waals surface area contributed by atoms with Gasteiger partial charge in [0.05, 0.1) is 6.54 Å². The molecule has 0 aromatic heterocycles. The second-order valence-corrected chi connectivity index (χ2v) is 5.52. The minimum absolute atomic E-state index is 0.520. The largest absolute Gasteiger partial charge is 0.370 e. The maximum absolute atomic E-state index is 5.82. The lowest BCUT2D eigenvalue weighted by Crippen LogP contribution is -2.34. The molecule has 1 heterocycles. The number of guanidine groups is 1. The van der Waals surface area contributed by atoms with Crippen LogP contribution in [0.1, 0.15) is 19.4 Å². The van der Waals surface area contributed by atoms with Gasteiger partial charge in [-0.15, -0.1) is 0 Å². The van der Waals surface area contributed by atoms with Crippen molar-refractivity contribution in [2.45, 2.75) is 20.4 Å². The second-order valence-electron chi connectivity index (χ2n) is 5.52. The summed E-state index contributed by atoms with van der Waals surface area (Å²) in [4.78, 5) is 6.68.